The van der Waals surface area contributed by atoms with Crippen LogP contribution in [-0.4, -0.2) is 20.6 Å². The smallest absolute Gasteiger partial charge is 0.156 e. The molecule has 0 aliphatic heterocycles. The van der Waals surface area contributed by atoms with Gasteiger partial charge in [0, 0.05) is 18.3 Å². The molecule has 0 atom stereocenters. The number of aromatic nitrogens is 2. The fourth-order valence-corrected chi connectivity index (χ4v) is 0.860. The molecule has 1 heterocycles. The molecule has 0 aliphatic rings. The van der Waals surface area contributed by atoms with Gasteiger partial charge in [0.15, 0.2) is 5.84 Å². The van der Waals surface area contributed by atoms with E-state index in [0.717, 1.165) is 0 Å². The Morgan fingerprint density at radius 2 is 2.36 bits per heavy atom. The molecule has 0 fully saturated rings. The summed E-state index contributed by atoms with van der Waals surface area (Å²) in [6.45, 7) is 3.91. The first-order valence-corrected chi connectivity index (χ1v) is 3.46. The molecule has 1 rings (SSSR count). The third kappa shape index (κ3) is 1.58. The minimum Gasteiger partial charge on any atom is -0.409 e. The van der Waals surface area contributed by atoms with Crippen LogP contribution in [0.1, 0.15) is 13.8 Å². The topological polar surface area (TPSA) is 50.4 Å². The van der Waals surface area contributed by atoms with Crippen LogP contribution in [0.25, 0.3) is 0 Å². The van der Waals surface area contributed by atoms with Gasteiger partial charge in [-0.15, -0.1) is 0 Å². The monoisotopic (exact) mass is 153 g/mol. The lowest BCUT2D eigenvalue weighted by Crippen LogP contribution is -2.16. The van der Waals surface area contributed by atoms with E-state index in [1.54, 1.807) is 23.3 Å². The Hall–Kier alpha value is -1.32. The Morgan fingerprint density at radius 1 is 1.64 bits per heavy atom. The fourth-order valence-electron chi connectivity index (χ4n) is 0.860. The summed E-state index contributed by atoms with van der Waals surface area (Å²) < 4.78 is 1.69. The SMILES string of the molecule is CC(C)/C(=N\O)n1ccnc1. The lowest BCUT2D eigenvalue weighted by atomic mass is 10.2. The van der Waals surface area contributed by atoms with E-state index in [-0.39, 0.29) is 5.92 Å². The van der Waals surface area contributed by atoms with Crippen LogP contribution in [0.15, 0.2) is 23.9 Å². The van der Waals surface area contributed by atoms with Gasteiger partial charge in [-0.1, -0.05) is 19.0 Å². The molecule has 0 unspecified atom stereocenters. The Morgan fingerprint density at radius 3 is 2.73 bits per heavy atom. The Balaban J connectivity index is 2.90. The predicted octanol–water partition coefficient (Wildman–Crippen LogP) is 1.17. The van der Waals surface area contributed by atoms with Crippen molar-refractivity contribution in [1.82, 2.24) is 9.55 Å². The molecule has 0 amide bonds. The number of hydrogen-bond acceptors (Lipinski definition) is 3. The summed E-state index contributed by atoms with van der Waals surface area (Å²) in [6.07, 6.45) is 5.00. The highest BCUT2D eigenvalue weighted by atomic mass is 16.4. The third-order valence-electron chi connectivity index (χ3n) is 1.39. The zero-order chi connectivity index (χ0) is 8.27. The first-order chi connectivity index (χ1) is 5.25. The number of hydrogen-bond donors (Lipinski definition) is 1. The Labute approximate surface area is 65.2 Å². The molecule has 0 saturated carbocycles. The van der Waals surface area contributed by atoms with Crippen molar-refractivity contribution < 1.29 is 5.21 Å². The first kappa shape index (κ1) is 7.78. The molecule has 0 spiro atoms. The number of imidazole rings is 1. The normalized spacial score (nSPS) is 12.5. The van der Waals surface area contributed by atoms with Gasteiger partial charge in [-0.3, -0.25) is 4.57 Å². The van der Waals surface area contributed by atoms with E-state index >= 15 is 0 Å². The first-order valence-electron chi connectivity index (χ1n) is 3.46. The fraction of sp³-hybridized carbons (Fsp3) is 0.429. The summed E-state index contributed by atoms with van der Waals surface area (Å²) in [5.74, 6) is 0.789. The van der Waals surface area contributed by atoms with Crippen molar-refractivity contribution in [3.05, 3.63) is 18.7 Å². The Bertz CT molecular complexity index is 238. The summed E-state index contributed by atoms with van der Waals surface area (Å²) in [5, 5.41) is 11.8. The van der Waals surface area contributed by atoms with Gasteiger partial charge in [-0.25, -0.2) is 4.98 Å². The van der Waals surface area contributed by atoms with E-state index in [9.17, 15) is 0 Å². The number of nitrogens with zero attached hydrogens (tertiary/aromatic N) is 3. The largest absolute Gasteiger partial charge is 0.409 e. The molecule has 1 aromatic rings. The minimum absolute atomic E-state index is 0.189. The molecule has 1 N–H and O–H groups in total. The van der Waals surface area contributed by atoms with E-state index in [2.05, 4.69) is 10.1 Å². The average Bonchev–Trinajstić information content (AvgIpc) is 2.40. The van der Waals surface area contributed by atoms with E-state index < -0.39 is 0 Å². The van der Waals surface area contributed by atoms with Gasteiger partial charge in [0.2, 0.25) is 0 Å². The van der Waals surface area contributed by atoms with Gasteiger partial charge in [-0.05, 0) is 0 Å². The molecule has 0 saturated heterocycles. The van der Waals surface area contributed by atoms with Crippen molar-refractivity contribution in [2.75, 3.05) is 0 Å². The van der Waals surface area contributed by atoms with Crippen LogP contribution < -0.4 is 0 Å². The highest BCUT2D eigenvalue weighted by Crippen LogP contribution is 1.99. The van der Waals surface area contributed by atoms with E-state index in [1.807, 2.05) is 13.8 Å². The van der Waals surface area contributed by atoms with Gasteiger partial charge >= 0.3 is 0 Å². The number of oxime groups is 1. The second kappa shape index (κ2) is 3.18. The predicted molar refractivity (Wildman–Crippen MR) is 41.7 cm³/mol. The van der Waals surface area contributed by atoms with Crippen LogP contribution in [0.3, 0.4) is 0 Å². The molecule has 4 heteroatoms. The highest BCUT2D eigenvalue weighted by Gasteiger charge is 2.06. The lowest BCUT2D eigenvalue weighted by Gasteiger charge is -2.06. The maximum atomic E-state index is 8.61. The minimum atomic E-state index is 0.189. The maximum absolute atomic E-state index is 8.61. The van der Waals surface area contributed by atoms with Gasteiger partial charge in [0.05, 0.1) is 0 Å². The van der Waals surface area contributed by atoms with Crippen molar-refractivity contribution in [2.24, 2.45) is 11.1 Å². The zero-order valence-electron chi connectivity index (χ0n) is 6.60. The summed E-state index contributed by atoms with van der Waals surface area (Å²) in [4.78, 5) is 3.84. The molecular weight excluding hydrogens is 142 g/mol. The van der Waals surface area contributed by atoms with Crippen molar-refractivity contribution in [3.8, 4) is 0 Å². The molecule has 0 bridgehead atoms. The molecule has 11 heavy (non-hydrogen) atoms. The number of rotatable bonds is 1. The van der Waals surface area contributed by atoms with Crippen molar-refractivity contribution >= 4 is 5.84 Å². The van der Waals surface area contributed by atoms with Gasteiger partial charge < -0.3 is 5.21 Å². The van der Waals surface area contributed by atoms with E-state index in [4.69, 9.17) is 5.21 Å². The molecule has 4 nitrogen and oxygen atoms in total. The summed E-state index contributed by atoms with van der Waals surface area (Å²) in [6, 6.07) is 0. The third-order valence-corrected chi connectivity index (χ3v) is 1.39. The Kier molecular flexibility index (Phi) is 2.25. The lowest BCUT2D eigenvalue weighted by molar-refractivity contribution is 0.313. The average molecular weight is 153 g/mol. The van der Waals surface area contributed by atoms with Crippen molar-refractivity contribution in [3.63, 3.8) is 0 Å². The van der Waals surface area contributed by atoms with Crippen LogP contribution in [0.4, 0.5) is 0 Å². The summed E-state index contributed by atoms with van der Waals surface area (Å²) in [7, 11) is 0. The van der Waals surface area contributed by atoms with Gasteiger partial charge in [-0.2, -0.15) is 0 Å². The second-order valence-electron chi connectivity index (χ2n) is 2.58. The van der Waals surface area contributed by atoms with Crippen LogP contribution in [-0.2, 0) is 0 Å². The summed E-state index contributed by atoms with van der Waals surface area (Å²) >= 11 is 0. The highest BCUT2D eigenvalue weighted by molar-refractivity contribution is 5.85. The van der Waals surface area contributed by atoms with Gasteiger partial charge in [0.1, 0.15) is 6.33 Å². The molecular formula is C7H11N3O. The van der Waals surface area contributed by atoms with Crippen molar-refractivity contribution in [2.45, 2.75) is 13.8 Å². The molecule has 0 radical (unpaired) electrons. The van der Waals surface area contributed by atoms with E-state index in [0.29, 0.717) is 5.84 Å². The second-order valence-corrected chi connectivity index (χ2v) is 2.58. The summed E-state index contributed by atoms with van der Waals surface area (Å²) in [5.41, 5.74) is 0. The van der Waals surface area contributed by atoms with Gasteiger partial charge in [0.25, 0.3) is 0 Å². The maximum Gasteiger partial charge on any atom is 0.156 e. The van der Waals surface area contributed by atoms with Crippen LogP contribution >= 0.6 is 0 Å². The standard InChI is InChI=1S/C7H11N3O/c1-6(2)7(9-11)10-4-3-8-5-10/h3-6,11H,1-2H3/b9-7+. The molecule has 0 aliphatic carbocycles. The quantitative estimate of drug-likeness (QED) is 0.285. The van der Waals surface area contributed by atoms with Crippen LogP contribution in [0.5, 0.6) is 0 Å². The zero-order valence-corrected chi connectivity index (χ0v) is 6.60. The van der Waals surface area contributed by atoms with Crippen LogP contribution in [0, 0.1) is 5.92 Å². The van der Waals surface area contributed by atoms with E-state index in [1.165, 1.54) is 0 Å². The molecule has 0 aromatic carbocycles. The molecule has 1 aromatic heterocycles. The van der Waals surface area contributed by atoms with Crippen LogP contribution in [0.2, 0.25) is 0 Å². The van der Waals surface area contributed by atoms with Crippen molar-refractivity contribution in [1.29, 1.82) is 0 Å². The molecule has 60 valence electrons.